The molecule has 172 valence electrons. The first-order chi connectivity index (χ1) is 16.4. The molecule has 5 rings (SSSR count). The Labute approximate surface area is 199 Å². The van der Waals surface area contributed by atoms with Crippen molar-refractivity contribution < 1.29 is 14.7 Å². The number of aromatic nitrogens is 4. The van der Waals surface area contributed by atoms with Crippen LogP contribution in [0.25, 0.3) is 11.4 Å². The number of aryl methyl sites for hydroxylation is 1. The van der Waals surface area contributed by atoms with Gasteiger partial charge >= 0.3 is 0 Å². The maximum atomic E-state index is 12.9. The van der Waals surface area contributed by atoms with Gasteiger partial charge in [0.2, 0.25) is 0 Å². The van der Waals surface area contributed by atoms with Gasteiger partial charge in [-0.15, -0.1) is 0 Å². The minimum atomic E-state index is -0.744. The standard InChI is InChI=1S/C24H21ClN6O3/c1-14-7-10-17(11-19(14)25)31-22(15-8-9-15)18(12-26-31)23(33)27-28-24(34)21-20(32)13-30(29-21)16-5-3-2-4-6-16/h2-7,10-13,15,32H,8-9H2,1H3,(H,27,33)(H,28,34). The van der Waals surface area contributed by atoms with Gasteiger partial charge in [0, 0.05) is 10.9 Å². The van der Waals surface area contributed by atoms with E-state index in [1.807, 2.05) is 43.3 Å². The topological polar surface area (TPSA) is 114 Å². The van der Waals surface area contributed by atoms with E-state index in [-0.39, 0.29) is 17.4 Å². The molecule has 2 aromatic heterocycles. The molecule has 0 spiro atoms. The van der Waals surface area contributed by atoms with E-state index < -0.39 is 11.8 Å². The second-order valence-corrected chi connectivity index (χ2v) is 8.52. The Hall–Kier alpha value is -4.11. The van der Waals surface area contributed by atoms with Crippen LogP contribution in [0, 0.1) is 6.92 Å². The first-order valence-electron chi connectivity index (χ1n) is 10.7. The molecule has 1 fully saturated rings. The van der Waals surface area contributed by atoms with Gasteiger partial charge < -0.3 is 5.11 Å². The van der Waals surface area contributed by atoms with Crippen LogP contribution in [0.3, 0.4) is 0 Å². The molecule has 1 aliphatic carbocycles. The molecule has 0 unspecified atom stereocenters. The van der Waals surface area contributed by atoms with E-state index in [9.17, 15) is 14.7 Å². The van der Waals surface area contributed by atoms with Crippen LogP contribution in [-0.4, -0.2) is 36.5 Å². The third kappa shape index (κ3) is 4.13. The van der Waals surface area contributed by atoms with Crippen LogP contribution in [0.15, 0.2) is 60.9 Å². The number of hydrogen-bond donors (Lipinski definition) is 3. The van der Waals surface area contributed by atoms with Crippen LogP contribution in [0.4, 0.5) is 0 Å². The number of amides is 2. The van der Waals surface area contributed by atoms with Gasteiger partial charge in [-0.2, -0.15) is 10.2 Å². The summed E-state index contributed by atoms with van der Waals surface area (Å²) in [6, 6.07) is 14.7. The number of benzene rings is 2. The van der Waals surface area contributed by atoms with Crippen LogP contribution in [-0.2, 0) is 0 Å². The Balaban J connectivity index is 1.33. The first kappa shape index (κ1) is 21.7. The molecule has 34 heavy (non-hydrogen) atoms. The summed E-state index contributed by atoms with van der Waals surface area (Å²) in [5, 5.41) is 19.3. The van der Waals surface area contributed by atoms with E-state index in [2.05, 4.69) is 21.0 Å². The zero-order chi connectivity index (χ0) is 23.8. The fraction of sp³-hybridized carbons (Fsp3) is 0.167. The summed E-state index contributed by atoms with van der Waals surface area (Å²) in [7, 11) is 0. The van der Waals surface area contributed by atoms with Crippen molar-refractivity contribution in [1.82, 2.24) is 30.4 Å². The van der Waals surface area contributed by atoms with Crippen LogP contribution in [0.2, 0.25) is 5.02 Å². The number of halogens is 1. The minimum Gasteiger partial charge on any atom is -0.504 e. The first-order valence-corrected chi connectivity index (χ1v) is 11.1. The normalized spacial score (nSPS) is 13.0. The highest BCUT2D eigenvalue weighted by molar-refractivity contribution is 6.31. The third-order valence-electron chi connectivity index (χ3n) is 5.64. The van der Waals surface area contributed by atoms with Crippen molar-refractivity contribution in [2.75, 3.05) is 0 Å². The van der Waals surface area contributed by atoms with Gasteiger partial charge in [0.1, 0.15) is 0 Å². The Morgan fingerprint density at radius 1 is 1.06 bits per heavy atom. The molecule has 0 radical (unpaired) electrons. The number of hydrogen-bond acceptors (Lipinski definition) is 5. The molecule has 0 saturated heterocycles. The van der Waals surface area contributed by atoms with Crippen molar-refractivity contribution >= 4 is 23.4 Å². The zero-order valence-electron chi connectivity index (χ0n) is 18.2. The van der Waals surface area contributed by atoms with Gasteiger partial charge in [-0.25, -0.2) is 9.36 Å². The minimum absolute atomic E-state index is 0.199. The van der Waals surface area contributed by atoms with E-state index >= 15 is 0 Å². The number of rotatable bonds is 5. The fourth-order valence-corrected chi connectivity index (χ4v) is 3.86. The summed E-state index contributed by atoms with van der Waals surface area (Å²) in [5.74, 6) is -1.36. The number of aromatic hydroxyl groups is 1. The molecule has 0 aliphatic heterocycles. The Morgan fingerprint density at radius 2 is 1.79 bits per heavy atom. The highest BCUT2D eigenvalue weighted by atomic mass is 35.5. The monoisotopic (exact) mass is 476 g/mol. The lowest BCUT2D eigenvalue weighted by atomic mass is 10.1. The molecule has 2 aromatic carbocycles. The molecule has 2 amide bonds. The van der Waals surface area contributed by atoms with Gasteiger partial charge in [-0.3, -0.25) is 20.4 Å². The van der Waals surface area contributed by atoms with Gasteiger partial charge in [0.05, 0.1) is 35.0 Å². The van der Waals surface area contributed by atoms with Gasteiger partial charge in [-0.05, 0) is 49.6 Å². The van der Waals surface area contributed by atoms with Crippen molar-refractivity contribution in [3.8, 4) is 17.1 Å². The zero-order valence-corrected chi connectivity index (χ0v) is 19.0. The summed E-state index contributed by atoms with van der Waals surface area (Å²) < 4.78 is 3.10. The van der Waals surface area contributed by atoms with Crippen molar-refractivity contribution in [2.45, 2.75) is 25.7 Å². The maximum Gasteiger partial charge on any atom is 0.294 e. The lowest BCUT2D eigenvalue weighted by Crippen LogP contribution is -2.42. The van der Waals surface area contributed by atoms with Crippen molar-refractivity contribution in [1.29, 1.82) is 0 Å². The number of nitrogens with one attached hydrogen (secondary N) is 2. The average molecular weight is 477 g/mol. The molecular formula is C24H21ClN6O3. The largest absolute Gasteiger partial charge is 0.504 e. The molecule has 4 aromatic rings. The van der Waals surface area contributed by atoms with Crippen LogP contribution in [0.1, 0.15) is 50.9 Å². The van der Waals surface area contributed by atoms with E-state index in [1.165, 1.54) is 17.1 Å². The number of carbonyl (C=O) groups excluding carboxylic acids is 2. The van der Waals surface area contributed by atoms with Gasteiger partial charge in [0.15, 0.2) is 11.4 Å². The Bertz CT molecular complexity index is 1390. The molecule has 10 heteroatoms. The Morgan fingerprint density at radius 3 is 2.50 bits per heavy atom. The highest BCUT2D eigenvalue weighted by Gasteiger charge is 2.33. The van der Waals surface area contributed by atoms with Crippen LogP contribution >= 0.6 is 11.6 Å². The highest BCUT2D eigenvalue weighted by Crippen LogP contribution is 2.42. The van der Waals surface area contributed by atoms with Gasteiger partial charge in [0.25, 0.3) is 11.8 Å². The summed E-state index contributed by atoms with van der Waals surface area (Å²) in [4.78, 5) is 25.5. The number of hydrazine groups is 1. The molecule has 9 nitrogen and oxygen atoms in total. The summed E-state index contributed by atoms with van der Waals surface area (Å²) in [6.07, 6.45) is 4.70. The smallest absolute Gasteiger partial charge is 0.294 e. The number of nitrogens with zero attached hydrogens (tertiary/aromatic N) is 4. The predicted octanol–water partition coefficient (Wildman–Crippen LogP) is 3.68. The molecule has 0 bridgehead atoms. The summed E-state index contributed by atoms with van der Waals surface area (Å²) in [5.41, 5.74) is 8.03. The maximum absolute atomic E-state index is 12.9. The summed E-state index contributed by atoms with van der Waals surface area (Å²) >= 11 is 6.28. The van der Waals surface area contributed by atoms with E-state index in [0.29, 0.717) is 16.3 Å². The van der Waals surface area contributed by atoms with E-state index in [1.54, 1.807) is 16.8 Å². The fourth-order valence-electron chi connectivity index (χ4n) is 3.68. The molecule has 2 heterocycles. The lowest BCUT2D eigenvalue weighted by molar-refractivity contribution is 0.0841. The second-order valence-electron chi connectivity index (χ2n) is 8.11. The van der Waals surface area contributed by atoms with Gasteiger partial charge in [-0.1, -0.05) is 35.9 Å². The number of para-hydroxylation sites is 1. The molecule has 1 saturated carbocycles. The molecular weight excluding hydrogens is 456 g/mol. The molecule has 0 atom stereocenters. The van der Waals surface area contributed by atoms with Crippen LogP contribution in [0.5, 0.6) is 5.75 Å². The number of carbonyl (C=O) groups is 2. The SMILES string of the molecule is Cc1ccc(-n2ncc(C(=O)NNC(=O)c3nn(-c4ccccc4)cc3O)c2C2CC2)cc1Cl. The lowest BCUT2D eigenvalue weighted by Gasteiger charge is -2.11. The van der Waals surface area contributed by atoms with E-state index in [0.717, 1.165) is 29.8 Å². The van der Waals surface area contributed by atoms with Crippen molar-refractivity contribution in [3.05, 3.63) is 88.5 Å². The predicted molar refractivity (Wildman–Crippen MR) is 125 cm³/mol. The van der Waals surface area contributed by atoms with Crippen molar-refractivity contribution in [3.63, 3.8) is 0 Å². The second kappa shape index (κ2) is 8.68. The average Bonchev–Trinajstić information content (AvgIpc) is 3.46. The van der Waals surface area contributed by atoms with Crippen LogP contribution < -0.4 is 10.9 Å². The molecule has 3 N–H and O–H groups in total. The van der Waals surface area contributed by atoms with E-state index in [4.69, 9.17) is 11.6 Å². The molecule has 1 aliphatic rings. The quantitative estimate of drug-likeness (QED) is 0.380. The Kier molecular flexibility index (Phi) is 5.54. The van der Waals surface area contributed by atoms with Crippen molar-refractivity contribution in [2.24, 2.45) is 0 Å². The third-order valence-corrected chi connectivity index (χ3v) is 6.04. The summed E-state index contributed by atoms with van der Waals surface area (Å²) in [6.45, 7) is 1.92.